The van der Waals surface area contributed by atoms with Crippen LogP contribution in [0.25, 0.3) is 0 Å². The molecule has 0 atom stereocenters. The number of rotatable bonds is 2. The fourth-order valence-corrected chi connectivity index (χ4v) is 1.66. The van der Waals surface area contributed by atoms with Crippen molar-refractivity contribution in [3.05, 3.63) is 40.4 Å². The van der Waals surface area contributed by atoms with E-state index in [1.165, 1.54) is 0 Å². The molecule has 18 heavy (non-hydrogen) atoms. The summed E-state index contributed by atoms with van der Waals surface area (Å²) in [6, 6.07) is 7.52. The summed E-state index contributed by atoms with van der Waals surface area (Å²) >= 11 is 11.4. The summed E-state index contributed by atoms with van der Waals surface area (Å²) in [4.78, 5) is 11.5. The van der Waals surface area contributed by atoms with E-state index in [1.54, 1.807) is 6.92 Å². The summed E-state index contributed by atoms with van der Waals surface area (Å²) in [5.74, 6) is 6.09. The Kier molecular flexibility index (Phi) is 3.98. The Bertz CT molecular complexity index is 594. The number of halogens is 2. The van der Waals surface area contributed by atoms with Gasteiger partial charge >= 0.3 is 0 Å². The van der Waals surface area contributed by atoms with E-state index >= 15 is 0 Å². The highest BCUT2D eigenvalue weighted by molar-refractivity contribution is 6.31. The molecule has 0 fully saturated rings. The van der Waals surface area contributed by atoms with Gasteiger partial charge in [-0.15, -0.1) is 5.92 Å². The molecule has 0 aliphatic carbocycles. The summed E-state index contributed by atoms with van der Waals surface area (Å²) in [7, 11) is 0. The fraction of sp³-hybridized carbons (Fsp3) is 0.0833. The molecule has 0 bridgehead atoms. The zero-order valence-corrected chi connectivity index (χ0v) is 10.9. The van der Waals surface area contributed by atoms with Gasteiger partial charge in [-0.25, -0.2) is 0 Å². The first-order chi connectivity index (χ1) is 8.67. The molecule has 90 valence electrons. The van der Waals surface area contributed by atoms with Gasteiger partial charge in [-0.2, -0.15) is 15.0 Å². The first-order valence-corrected chi connectivity index (χ1v) is 5.80. The van der Waals surface area contributed by atoms with Crippen LogP contribution in [-0.4, -0.2) is 15.0 Å². The van der Waals surface area contributed by atoms with Crippen molar-refractivity contribution in [2.45, 2.75) is 6.92 Å². The first kappa shape index (κ1) is 12.6. The van der Waals surface area contributed by atoms with E-state index in [4.69, 9.17) is 23.2 Å². The van der Waals surface area contributed by atoms with Gasteiger partial charge in [0.15, 0.2) is 0 Å². The van der Waals surface area contributed by atoms with Gasteiger partial charge in [0, 0.05) is 11.3 Å². The standard InChI is InChI=1S/C12H8Cl2N4/c1-2-3-8-4-6-9(7-5-8)15-12-17-10(13)16-11(14)18-12/h4-7H,1H3,(H,15,16,17,18). The third-order valence-corrected chi connectivity index (χ3v) is 2.33. The molecule has 1 aromatic heterocycles. The second-order valence-electron chi connectivity index (χ2n) is 3.27. The van der Waals surface area contributed by atoms with E-state index in [0.717, 1.165) is 11.3 Å². The zero-order chi connectivity index (χ0) is 13.0. The van der Waals surface area contributed by atoms with Crippen molar-refractivity contribution >= 4 is 34.8 Å². The van der Waals surface area contributed by atoms with Crippen LogP contribution in [0.3, 0.4) is 0 Å². The maximum atomic E-state index is 5.68. The lowest BCUT2D eigenvalue weighted by Gasteiger charge is -2.04. The molecule has 4 nitrogen and oxygen atoms in total. The number of hydrogen-bond acceptors (Lipinski definition) is 4. The number of aromatic nitrogens is 3. The molecule has 0 saturated heterocycles. The molecule has 0 aliphatic rings. The van der Waals surface area contributed by atoms with Crippen molar-refractivity contribution in [2.24, 2.45) is 0 Å². The monoisotopic (exact) mass is 278 g/mol. The summed E-state index contributed by atoms with van der Waals surface area (Å²) in [5.41, 5.74) is 1.75. The Hall–Kier alpha value is -1.83. The second kappa shape index (κ2) is 5.67. The lowest BCUT2D eigenvalue weighted by molar-refractivity contribution is 1.05. The lowest BCUT2D eigenvalue weighted by Crippen LogP contribution is -1.99. The predicted molar refractivity (Wildman–Crippen MR) is 72.1 cm³/mol. The molecule has 0 amide bonds. The molecule has 0 aliphatic heterocycles. The molecule has 0 saturated carbocycles. The van der Waals surface area contributed by atoms with Crippen LogP contribution >= 0.6 is 23.2 Å². The maximum Gasteiger partial charge on any atom is 0.232 e. The molecule has 1 heterocycles. The quantitative estimate of drug-likeness (QED) is 0.857. The Labute approximate surface area is 114 Å². The van der Waals surface area contributed by atoms with Crippen LogP contribution in [0, 0.1) is 11.8 Å². The van der Waals surface area contributed by atoms with Gasteiger partial charge in [-0.05, 0) is 54.4 Å². The highest BCUT2D eigenvalue weighted by atomic mass is 35.5. The van der Waals surface area contributed by atoms with E-state index in [-0.39, 0.29) is 10.6 Å². The van der Waals surface area contributed by atoms with Crippen LogP contribution in [0.15, 0.2) is 24.3 Å². The molecular weight excluding hydrogens is 271 g/mol. The number of benzene rings is 1. The van der Waals surface area contributed by atoms with E-state index in [0.29, 0.717) is 5.95 Å². The van der Waals surface area contributed by atoms with Gasteiger partial charge in [-0.1, -0.05) is 5.92 Å². The average Bonchev–Trinajstić information content (AvgIpc) is 2.31. The van der Waals surface area contributed by atoms with Gasteiger partial charge in [-0.3, -0.25) is 0 Å². The van der Waals surface area contributed by atoms with Crippen molar-refractivity contribution in [2.75, 3.05) is 5.32 Å². The Morgan fingerprint density at radius 3 is 2.17 bits per heavy atom. The lowest BCUT2D eigenvalue weighted by atomic mass is 10.2. The molecule has 1 N–H and O–H groups in total. The van der Waals surface area contributed by atoms with Crippen molar-refractivity contribution in [3.8, 4) is 11.8 Å². The van der Waals surface area contributed by atoms with Gasteiger partial charge in [0.05, 0.1) is 0 Å². The topological polar surface area (TPSA) is 50.7 Å². The number of anilines is 2. The number of nitrogens with one attached hydrogen (secondary N) is 1. The third-order valence-electron chi connectivity index (χ3n) is 1.99. The second-order valence-corrected chi connectivity index (χ2v) is 3.95. The molecular formula is C12H8Cl2N4. The van der Waals surface area contributed by atoms with Gasteiger partial charge in [0.2, 0.25) is 16.5 Å². The van der Waals surface area contributed by atoms with E-state index < -0.39 is 0 Å². The largest absolute Gasteiger partial charge is 0.324 e. The van der Waals surface area contributed by atoms with Crippen LogP contribution < -0.4 is 5.32 Å². The van der Waals surface area contributed by atoms with Crippen LogP contribution in [0.5, 0.6) is 0 Å². The van der Waals surface area contributed by atoms with Crippen molar-refractivity contribution < 1.29 is 0 Å². The Morgan fingerprint density at radius 2 is 1.61 bits per heavy atom. The first-order valence-electron chi connectivity index (χ1n) is 5.04. The summed E-state index contributed by atoms with van der Waals surface area (Å²) in [6.07, 6.45) is 0. The Balaban J connectivity index is 2.19. The normalized spacial score (nSPS) is 9.50. The third kappa shape index (κ3) is 3.33. The highest BCUT2D eigenvalue weighted by Crippen LogP contribution is 2.16. The van der Waals surface area contributed by atoms with E-state index in [1.807, 2.05) is 24.3 Å². The smallest absolute Gasteiger partial charge is 0.232 e. The van der Waals surface area contributed by atoms with Crippen LogP contribution in [0.2, 0.25) is 10.6 Å². The molecule has 2 aromatic rings. The number of hydrogen-bond donors (Lipinski definition) is 1. The molecule has 1 aromatic carbocycles. The van der Waals surface area contributed by atoms with E-state index in [9.17, 15) is 0 Å². The molecule has 0 radical (unpaired) electrons. The van der Waals surface area contributed by atoms with Crippen molar-refractivity contribution in [1.29, 1.82) is 0 Å². The molecule has 0 spiro atoms. The minimum atomic E-state index is 0.0472. The SMILES string of the molecule is CC#Cc1ccc(Nc2nc(Cl)nc(Cl)n2)cc1. The molecule has 0 unspecified atom stereocenters. The van der Waals surface area contributed by atoms with E-state index in [2.05, 4.69) is 32.1 Å². The zero-order valence-electron chi connectivity index (χ0n) is 9.41. The van der Waals surface area contributed by atoms with Gasteiger partial charge in [0.1, 0.15) is 0 Å². The highest BCUT2D eigenvalue weighted by Gasteiger charge is 2.03. The van der Waals surface area contributed by atoms with Crippen molar-refractivity contribution in [1.82, 2.24) is 15.0 Å². The summed E-state index contributed by atoms with van der Waals surface area (Å²) in [5, 5.41) is 3.07. The van der Waals surface area contributed by atoms with Crippen LogP contribution in [0.1, 0.15) is 12.5 Å². The summed E-state index contributed by atoms with van der Waals surface area (Å²) < 4.78 is 0. The van der Waals surface area contributed by atoms with Crippen molar-refractivity contribution in [3.63, 3.8) is 0 Å². The van der Waals surface area contributed by atoms with Crippen LogP contribution in [-0.2, 0) is 0 Å². The number of nitrogens with zero attached hydrogens (tertiary/aromatic N) is 3. The predicted octanol–water partition coefficient (Wildman–Crippen LogP) is 3.29. The maximum absolute atomic E-state index is 5.68. The van der Waals surface area contributed by atoms with Gasteiger partial charge < -0.3 is 5.32 Å². The molecule has 6 heteroatoms. The Morgan fingerprint density at radius 1 is 1.00 bits per heavy atom. The minimum absolute atomic E-state index is 0.0472. The fourth-order valence-electron chi connectivity index (χ4n) is 1.29. The molecule has 2 rings (SSSR count). The minimum Gasteiger partial charge on any atom is -0.324 e. The summed E-state index contributed by atoms with van der Waals surface area (Å²) in [6.45, 7) is 1.79. The van der Waals surface area contributed by atoms with Crippen LogP contribution in [0.4, 0.5) is 11.6 Å². The van der Waals surface area contributed by atoms with Gasteiger partial charge in [0.25, 0.3) is 0 Å². The average molecular weight is 279 g/mol.